The van der Waals surface area contributed by atoms with Gasteiger partial charge in [0.15, 0.2) is 0 Å². The molecule has 108 valence electrons. The van der Waals surface area contributed by atoms with Gasteiger partial charge in [0.05, 0.1) is 11.3 Å². The third-order valence-corrected chi connectivity index (χ3v) is 3.72. The van der Waals surface area contributed by atoms with Crippen molar-refractivity contribution in [2.24, 2.45) is 0 Å². The zero-order chi connectivity index (χ0) is 14.5. The van der Waals surface area contributed by atoms with E-state index in [9.17, 15) is 9.90 Å². The van der Waals surface area contributed by atoms with Crippen LogP contribution in [0.4, 0.5) is 9.80 Å². The molecule has 2 aromatic heterocycles. The van der Waals surface area contributed by atoms with Crippen molar-refractivity contribution in [3.05, 3.63) is 41.2 Å². The van der Waals surface area contributed by atoms with E-state index in [1.807, 2.05) is 26.0 Å². The summed E-state index contributed by atoms with van der Waals surface area (Å²) in [5.41, 5.74) is 0. The number of amides is 2. The molecule has 0 aromatic carbocycles. The molecule has 2 aromatic rings. The van der Waals surface area contributed by atoms with Gasteiger partial charge >= 0.3 is 6.03 Å². The number of thiophene rings is 1. The molecule has 0 saturated carbocycles. The summed E-state index contributed by atoms with van der Waals surface area (Å²) >= 11 is 1.52. The van der Waals surface area contributed by atoms with Crippen molar-refractivity contribution < 1.29 is 14.3 Å². The number of aliphatic hydroxyl groups excluding tert-OH is 1. The first-order valence-corrected chi connectivity index (χ1v) is 7.21. The Kier molecular flexibility index (Phi) is 4.81. The van der Waals surface area contributed by atoms with Crippen LogP contribution >= 0.6 is 11.3 Å². The molecule has 3 N–H and O–H groups in total. The van der Waals surface area contributed by atoms with Gasteiger partial charge in [0.1, 0.15) is 11.9 Å². The van der Waals surface area contributed by atoms with Crippen molar-refractivity contribution in [1.82, 2.24) is 5.32 Å². The second kappa shape index (κ2) is 6.58. The summed E-state index contributed by atoms with van der Waals surface area (Å²) in [5, 5.41) is 16.3. The molecule has 20 heavy (non-hydrogen) atoms. The minimum Gasteiger partial charge on any atom is -0.467 e. The van der Waals surface area contributed by atoms with Crippen LogP contribution in [-0.4, -0.2) is 17.2 Å². The molecule has 5 nitrogen and oxygen atoms in total. The van der Waals surface area contributed by atoms with Crippen LogP contribution in [-0.2, 0) is 0 Å². The fourth-order valence-electron chi connectivity index (χ4n) is 1.86. The average Bonchev–Trinajstić information content (AvgIpc) is 3.00. The van der Waals surface area contributed by atoms with Gasteiger partial charge in [-0.15, -0.1) is 11.3 Å². The number of anilines is 1. The van der Waals surface area contributed by atoms with Gasteiger partial charge in [-0.2, -0.15) is 0 Å². The minimum atomic E-state index is -0.718. The summed E-state index contributed by atoms with van der Waals surface area (Å²) in [6.45, 7) is 3.82. The summed E-state index contributed by atoms with van der Waals surface area (Å²) in [6.07, 6.45) is 1.19. The fourth-order valence-corrected chi connectivity index (χ4v) is 2.63. The van der Waals surface area contributed by atoms with Gasteiger partial charge in [0.25, 0.3) is 0 Å². The predicted octanol–water partition coefficient (Wildman–Crippen LogP) is 3.28. The molecule has 6 heteroatoms. The number of carbonyl (C=O) groups excluding carboxylic acids is 1. The summed E-state index contributed by atoms with van der Waals surface area (Å²) in [6, 6.07) is 6.81. The van der Waals surface area contributed by atoms with Gasteiger partial charge in [-0.3, -0.25) is 5.32 Å². The Balaban J connectivity index is 1.79. The first-order chi connectivity index (χ1) is 9.54. The lowest BCUT2D eigenvalue weighted by molar-refractivity contribution is 0.130. The second-order valence-corrected chi connectivity index (χ2v) is 5.96. The number of hydrogen-bond donors (Lipinski definition) is 3. The van der Waals surface area contributed by atoms with Crippen LogP contribution in [0.15, 0.2) is 34.9 Å². The molecule has 2 heterocycles. The van der Waals surface area contributed by atoms with Gasteiger partial charge in [-0.1, -0.05) is 0 Å². The van der Waals surface area contributed by atoms with Crippen molar-refractivity contribution in [3.63, 3.8) is 0 Å². The van der Waals surface area contributed by atoms with Crippen LogP contribution in [0.2, 0.25) is 0 Å². The Morgan fingerprint density at radius 3 is 2.85 bits per heavy atom. The van der Waals surface area contributed by atoms with E-state index in [4.69, 9.17) is 4.42 Å². The van der Waals surface area contributed by atoms with Crippen molar-refractivity contribution in [3.8, 4) is 0 Å². The van der Waals surface area contributed by atoms with Gasteiger partial charge in [-0.25, -0.2) is 4.79 Å². The monoisotopic (exact) mass is 294 g/mol. The molecule has 0 saturated heterocycles. The summed E-state index contributed by atoms with van der Waals surface area (Å²) in [5.74, 6) is 0.507. The SMILES string of the molecule is Cc1ccc(NC(=O)NC(C)CC(O)c2ccco2)s1. The van der Waals surface area contributed by atoms with Crippen LogP contribution < -0.4 is 10.6 Å². The van der Waals surface area contributed by atoms with Crippen LogP contribution in [0.1, 0.15) is 30.1 Å². The predicted molar refractivity (Wildman–Crippen MR) is 79.0 cm³/mol. The number of hydrogen-bond acceptors (Lipinski definition) is 4. The van der Waals surface area contributed by atoms with E-state index >= 15 is 0 Å². The van der Waals surface area contributed by atoms with Crippen molar-refractivity contribution in [1.29, 1.82) is 0 Å². The highest BCUT2D eigenvalue weighted by molar-refractivity contribution is 7.16. The van der Waals surface area contributed by atoms with Crippen molar-refractivity contribution >= 4 is 22.4 Å². The first-order valence-electron chi connectivity index (χ1n) is 6.40. The van der Waals surface area contributed by atoms with Gasteiger partial charge in [-0.05, 0) is 38.1 Å². The number of urea groups is 1. The average molecular weight is 294 g/mol. The zero-order valence-electron chi connectivity index (χ0n) is 11.4. The molecule has 0 fully saturated rings. The third-order valence-electron chi connectivity index (χ3n) is 2.80. The number of rotatable bonds is 5. The maximum Gasteiger partial charge on any atom is 0.320 e. The Hall–Kier alpha value is -1.79. The number of aryl methyl sites for hydroxylation is 1. The van der Waals surface area contributed by atoms with Crippen LogP contribution in [0, 0.1) is 6.92 Å². The molecule has 2 rings (SSSR count). The third kappa shape index (κ3) is 4.11. The van der Waals surface area contributed by atoms with E-state index in [1.165, 1.54) is 17.6 Å². The molecule has 0 aliphatic rings. The van der Waals surface area contributed by atoms with Gasteiger partial charge in [0, 0.05) is 17.3 Å². The molecular formula is C14H18N2O3S. The van der Waals surface area contributed by atoms with E-state index < -0.39 is 6.10 Å². The first kappa shape index (κ1) is 14.6. The fraction of sp³-hybridized carbons (Fsp3) is 0.357. The summed E-state index contributed by atoms with van der Waals surface area (Å²) < 4.78 is 5.12. The van der Waals surface area contributed by atoms with E-state index in [2.05, 4.69) is 10.6 Å². The lowest BCUT2D eigenvalue weighted by atomic mass is 10.1. The Bertz CT molecular complexity index is 551. The number of aliphatic hydroxyl groups is 1. The molecule has 2 amide bonds. The Morgan fingerprint density at radius 1 is 1.45 bits per heavy atom. The number of nitrogens with one attached hydrogen (secondary N) is 2. The molecular weight excluding hydrogens is 276 g/mol. The minimum absolute atomic E-state index is 0.170. The maximum atomic E-state index is 11.8. The summed E-state index contributed by atoms with van der Waals surface area (Å²) in [4.78, 5) is 12.9. The van der Waals surface area contributed by atoms with Crippen LogP contribution in [0.25, 0.3) is 0 Å². The van der Waals surface area contributed by atoms with Gasteiger partial charge in [0.2, 0.25) is 0 Å². The van der Waals surface area contributed by atoms with E-state index in [-0.39, 0.29) is 12.1 Å². The van der Waals surface area contributed by atoms with Crippen molar-refractivity contribution in [2.45, 2.75) is 32.4 Å². The lowest BCUT2D eigenvalue weighted by Crippen LogP contribution is -2.36. The number of carbonyl (C=O) groups is 1. The summed E-state index contributed by atoms with van der Waals surface area (Å²) in [7, 11) is 0. The highest BCUT2D eigenvalue weighted by atomic mass is 32.1. The highest BCUT2D eigenvalue weighted by Crippen LogP contribution is 2.21. The normalized spacial score (nSPS) is 13.8. The highest BCUT2D eigenvalue weighted by Gasteiger charge is 2.16. The molecule has 0 radical (unpaired) electrons. The Morgan fingerprint density at radius 2 is 2.25 bits per heavy atom. The standard InChI is InChI=1S/C14H18N2O3S/c1-9(8-11(17)12-4-3-7-19-12)15-14(18)16-13-6-5-10(2)20-13/h3-7,9,11,17H,8H2,1-2H3,(H2,15,16,18). The molecule has 0 aliphatic carbocycles. The van der Waals surface area contributed by atoms with Gasteiger partial charge < -0.3 is 14.8 Å². The smallest absolute Gasteiger partial charge is 0.320 e. The zero-order valence-corrected chi connectivity index (χ0v) is 12.2. The van der Waals surface area contributed by atoms with Crippen LogP contribution in [0.3, 0.4) is 0 Å². The molecule has 0 spiro atoms. The van der Waals surface area contributed by atoms with E-state index in [0.29, 0.717) is 12.2 Å². The van der Waals surface area contributed by atoms with Crippen LogP contribution in [0.5, 0.6) is 0 Å². The quantitative estimate of drug-likeness (QED) is 0.792. The lowest BCUT2D eigenvalue weighted by Gasteiger charge is -2.16. The molecule has 2 atom stereocenters. The second-order valence-electron chi connectivity index (χ2n) is 4.68. The maximum absolute atomic E-state index is 11.8. The topological polar surface area (TPSA) is 74.5 Å². The van der Waals surface area contributed by atoms with E-state index in [0.717, 1.165) is 9.88 Å². The number of furan rings is 1. The van der Waals surface area contributed by atoms with E-state index in [1.54, 1.807) is 12.1 Å². The molecule has 2 unspecified atom stereocenters. The largest absolute Gasteiger partial charge is 0.467 e. The Labute approximate surface area is 121 Å². The molecule has 0 bridgehead atoms. The van der Waals surface area contributed by atoms with Crippen molar-refractivity contribution in [2.75, 3.05) is 5.32 Å². The molecule has 0 aliphatic heterocycles.